The minimum absolute atomic E-state index is 0.216. The number of carboxylic acid groups (broad SMARTS) is 2. The SMILES string of the molecule is COC(=O)CCCOc1ccc(-c2sc3ccc(OC)cc3c2Cc2ccc(CN3CCCC3)c(OC)c2)cc1.O=C(O)C(=O)O. The highest BCUT2D eigenvalue weighted by Gasteiger charge is 2.18. The monoisotopic (exact) mass is 649 g/mol. The molecule has 0 aliphatic carbocycles. The summed E-state index contributed by atoms with van der Waals surface area (Å²) < 4.78 is 23.2. The van der Waals surface area contributed by atoms with Crippen LogP contribution in [-0.2, 0) is 32.1 Å². The van der Waals surface area contributed by atoms with Crippen molar-refractivity contribution in [2.75, 3.05) is 41.0 Å². The van der Waals surface area contributed by atoms with E-state index in [0.29, 0.717) is 19.4 Å². The van der Waals surface area contributed by atoms with Crippen LogP contribution in [0, 0.1) is 0 Å². The summed E-state index contributed by atoms with van der Waals surface area (Å²) >= 11 is 1.80. The van der Waals surface area contributed by atoms with E-state index in [2.05, 4.69) is 47.4 Å². The molecule has 11 heteroatoms. The summed E-state index contributed by atoms with van der Waals surface area (Å²) in [7, 11) is 4.88. The Morgan fingerprint density at radius 1 is 0.848 bits per heavy atom. The first-order valence-corrected chi connectivity index (χ1v) is 15.8. The molecular formula is C35H39NO9S. The number of carboxylic acids is 2. The molecule has 1 saturated heterocycles. The molecule has 0 bridgehead atoms. The van der Waals surface area contributed by atoms with Crippen LogP contribution in [0.25, 0.3) is 20.5 Å². The summed E-state index contributed by atoms with van der Waals surface area (Å²) in [6.07, 6.45) is 4.32. The maximum atomic E-state index is 11.3. The number of esters is 1. The van der Waals surface area contributed by atoms with Crippen LogP contribution in [0.3, 0.4) is 0 Å². The second kappa shape index (κ2) is 16.6. The van der Waals surface area contributed by atoms with Gasteiger partial charge in [-0.2, -0.15) is 0 Å². The van der Waals surface area contributed by atoms with E-state index in [1.165, 1.54) is 51.6 Å². The Kier molecular flexibility index (Phi) is 12.4. The lowest BCUT2D eigenvalue weighted by atomic mass is 9.97. The van der Waals surface area contributed by atoms with Crippen LogP contribution in [0.15, 0.2) is 60.7 Å². The quantitative estimate of drug-likeness (QED) is 0.103. The molecule has 10 nitrogen and oxygen atoms in total. The minimum atomic E-state index is -1.82. The van der Waals surface area contributed by atoms with Crippen LogP contribution in [0.4, 0.5) is 0 Å². The van der Waals surface area contributed by atoms with E-state index in [1.807, 2.05) is 18.2 Å². The van der Waals surface area contributed by atoms with Crippen molar-refractivity contribution in [3.05, 3.63) is 77.4 Å². The number of nitrogens with zero attached hydrogens (tertiary/aromatic N) is 1. The Bertz CT molecular complexity index is 1630. The van der Waals surface area contributed by atoms with Crippen LogP contribution < -0.4 is 14.2 Å². The molecule has 0 amide bonds. The van der Waals surface area contributed by atoms with Crippen molar-refractivity contribution in [2.45, 2.75) is 38.6 Å². The van der Waals surface area contributed by atoms with Crippen LogP contribution in [0.1, 0.15) is 42.4 Å². The molecule has 0 spiro atoms. The van der Waals surface area contributed by atoms with Gasteiger partial charge in [0.15, 0.2) is 0 Å². The Labute approximate surface area is 272 Å². The summed E-state index contributed by atoms with van der Waals surface area (Å²) in [5, 5.41) is 16.0. The first kappa shape index (κ1) is 34.3. The van der Waals surface area contributed by atoms with Crippen molar-refractivity contribution >= 4 is 39.3 Å². The third kappa shape index (κ3) is 9.21. The molecule has 0 saturated carbocycles. The molecule has 0 atom stereocenters. The molecule has 244 valence electrons. The van der Waals surface area contributed by atoms with E-state index in [4.69, 9.17) is 38.7 Å². The predicted molar refractivity (Wildman–Crippen MR) is 176 cm³/mol. The molecule has 1 aromatic heterocycles. The number of aliphatic carboxylic acids is 2. The Hall–Kier alpha value is -4.61. The van der Waals surface area contributed by atoms with Crippen LogP contribution in [0.2, 0.25) is 0 Å². The van der Waals surface area contributed by atoms with E-state index >= 15 is 0 Å². The number of carbonyl (C=O) groups is 3. The summed E-state index contributed by atoms with van der Waals surface area (Å²) in [4.78, 5) is 33.3. The number of rotatable bonds is 12. The number of hydrogen-bond acceptors (Lipinski definition) is 9. The van der Waals surface area contributed by atoms with E-state index in [-0.39, 0.29) is 5.97 Å². The summed E-state index contributed by atoms with van der Waals surface area (Å²) in [6, 6.07) is 21.2. The third-order valence-electron chi connectivity index (χ3n) is 7.64. The first-order valence-electron chi connectivity index (χ1n) is 15.0. The lowest BCUT2D eigenvalue weighted by Gasteiger charge is -2.18. The summed E-state index contributed by atoms with van der Waals surface area (Å²) in [6.45, 7) is 3.73. The van der Waals surface area contributed by atoms with Gasteiger partial charge in [-0.05, 0) is 104 Å². The van der Waals surface area contributed by atoms with Crippen molar-refractivity contribution in [3.8, 4) is 27.7 Å². The fourth-order valence-electron chi connectivity index (χ4n) is 5.29. The highest BCUT2D eigenvalue weighted by Crippen LogP contribution is 2.42. The molecule has 46 heavy (non-hydrogen) atoms. The molecule has 0 radical (unpaired) electrons. The van der Waals surface area contributed by atoms with Crippen LogP contribution in [0.5, 0.6) is 17.2 Å². The Balaban J connectivity index is 0.000000731. The lowest BCUT2D eigenvalue weighted by Crippen LogP contribution is -2.18. The van der Waals surface area contributed by atoms with E-state index in [1.54, 1.807) is 25.6 Å². The Morgan fingerprint density at radius 3 is 2.17 bits per heavy atom. The molecule has 1 aliphatic heterocycles. The average Bonchev–Trinajstić information content (AvgIpc) is 3.71. The van der Waals surface area contributed by atoms with Gasteiger partial charge in [-0.25, -0.2) is 9.59 Å². The zero-order valence-corrected chi connectivity index (χ0v) is 27.1. The lowest BCUT2D eigenvalue weighted by molar-refractivity contribution is -0.159. The maximum Gasteiger partial charge on any atom is 0.414 e. The number of benzene rings is 3. The van der Waals surface area contributed by atoms with Gasteiger partial charge in [-0.15, -0.1) is 11.3 Å². The van der Waals surface area contributed by atoms with Gasteiger partial charge in [0.1, 0.15) is 17.2 Å². The fourth-order valence-corrected chi connectivity index (χ4v) is 6.50. The van der Waals surface area contributed by atoms with Gasteiger partial charge in [-0.3, -0.25) is 9.69 Å². The number of thiophene rings is 1. The van der Waals surface area contributed by atoms with Gasteiger partial charge >= 0.3 is 17.9 Å². The molecular weight excluding hydrogens is 610 g/mol. The molecule has 1 fully saturated rings. The molecule has 5 rings (SSSR count). The molecule has 1 aliphatic rings. The van der Waals surface area contributed by atoms with Crippen LogP contribution in [-0.4, -0.2) is 74.0 Å². The van der Waals surface area contributed by atoms with Gasteiger partial charge < -0.3 is 29.2 Å². The first-order chi connectivity index (χ1) is 22.2. The van der Waals surface area contributed by atoms with Gasteiger partial charge in [0.05, 0.1) is 27.9 Å². The number of fused-ring (bicyclic) bond motifs is 1. The largest absolute Gasteiger partial charge is 0.497 e. The van der Waals surface area contributed by atoms with E-state index < -0.39 is 11.9 Å². The topological polar surface area (TPSA) is 132 Å². The van der Waals surface area contributed by atoms with Crippen molar-refractivity contribution in [1.29, 1.82) is 0 Å². The molecule has 2 N–H and O–H groups in total. The summed E-state index contributed by atoms with van der Waals surface area (Å²) in [5.41, 5.74) is 4.89. The normalized spacial score (nSPS) is 12.7. The zero-order chi connectivity index (χ0) is 33.1. The number of ether oxygens (including phenoxy) is 4. The highest BCUT2D eigenvalue weighted by molar-refractivity contribution is 7.22. The third-order valence-corrected chi connectivity index (χ3v) is 8.91. The molecule has 3 aromatic carbocycles. The minimum Gasteiger partial charge on any atom is -0.497 e. The highest BCUT2D eigenvalue weighted by atomic mass is 32.1. The zero-order valence-electron chi connectivity index (χ0n) is 26.2. The predicted octanol–water partition coefficient (Wildman–Crippen LogP) is 6.26. The van der Waals surface area contributed by atoms with Crippen LogP contribution >= 0.6 is 11.3 Å². The average molecular weight is 650 g/mol. The summed E-state index contributed by atoms with van der Waals surface area (Å²) in [5.74, 6) is -1.27. The molecule has 0 unspecified atom stereocenters. The van der Waals surface area contributed by atoms with Crippen molar-refractivity contribution in [3.63, 3.8) is 0 Å². The van der Waals surface area contributed by atoms with Crippen molar-refractivity contribution in [1.82, 2.24) is 4.90 Å². The number of hydrogen-bond donors (Lipinski definition) is 2. The number of likely N-dealkylation sites (tertiary alicyclic amines) is 1. The van der Waals surface area contributed by atoms with E-state index in [0.717, 1.165) is 48.9 Å². The smallest absolute Gasteiger partial charge is 0.414 e. The van der Waals surface area contributed by atoms with Gasteiger partial charge in [0.2, 0.25) is 0 Å². The fraction of sp³-hybridized carbons (Fsp3) is 0.343. The van der Waals surface area contributed by atoms with Gasteiger partial charge in [0.25, 0.3) is 0 Å². The van der Waals surface area contributed by atoms with Gasteiger partial charge in [-0.1, -0.05) is 12.1 Å². The van der Waals surface area contributed by atoms with Crippen molar-refractivity contribution in [2.24, 2.45) is 0 Å². The number of methoxy groups -OCH3 is 3. The van der Waals surface area contributed by atoms with Crippen molar-refractivity contribution < 1.29 is 43.5 Å². The second-order valence-electron chi connectivity index (χ2n) is 10.7. The van der Waals surface area contributed by atoms with E-state index in [9.17, 15) is 4.79 Å². The Morgan fingerprint density at radius 2 is 1.54 bits per heavy atom. The van der Waals surface area contributed by atoms with Gasteiger partial charge in [0, 0.05) is 33.5 Å². The standard InChI is InChI=1S/C33H37NO5S.C2H2O4/c1-36-27-14-15-31-28(21-27)29(19-23-8-9-25(30(20-23)37-2)22-34-16-4-5-17-34)33(40-31)24-10-12-26(13-11-24)39-18-6-7-32(35)38-3;3-1(4)2(5)6/h8-15,20-21H,4-7,16-19,22H2,1-3H3;(H,3,4)(H,5,6). The second-order valence-corrected chi connectivity index (χ2v) is 11.8. The number of carbonyl (C=O) groups excluding carboxylic acids is 1. The maximum absolute atomic E-state index is 11.3. The molecule has 4 aromatic rings. The molecule has 2 heterocycles.